The van der Waals surface area contributed by atoms with Crippen molar-refractivity contribution in [2.45, 2.75) is 33.2 Å². The second kappa shape index (κ2) is 5.79. The van der Waals surface area contributed by atoms with Crippen LogP contribution in [0.2, 0.25) is 0 Å². The number of halogens is 1. The maximum absolute atomic E-state index is 12.3. The molecule has 1 aliphatic rings. The molecule has 2 aromatic carbocycles. The fraction of sp³-hybridized carbons (Fsp3) is 0.278. The van der Waals surface area contributed by atoms with Crippen molar-refractivity contribution in [2.75, 3.05) is 4.90 Å². The molecule has 3 heteroatoms. The maximum Gasteiger partial charge on any atom is 0.227 e. The van der Waals surface area contributed by atoms with E-state index in [4.69, 9.17) is 0 Å². The van der Waals surface area contributed by atoms with Crippen LogP contribution in [0.4, 0.5) is 5.69 Å². The Bertz CT molecular complexity index is 688. The van der Waals surface area contributed by atoms with Crippen molar-refractivity contribution in [3.8, 4) is 0 Å². The summed E-state index contributed by atoms with van der Waals surface area (Å²) in [5.74, 6) is 0.225. The van der Waals surface area contributed by atoms with Crippen LogP contribution >= 0.6 is 22.6 Å². The molecular formula is C18H18INO. The third kappa shape index (κ3) is 3.12. The summed E-state index contributed by atoms with van der Waals surface area (Å²) in [6.07, 6.45) is 1.46. The summed E-state index contributed by atoms with van der Waals surface area (Å²) in [7, 11) is 0. The SMILES string of the molecule is Cc1cc(C)cc(CN2C(=O)CCc3cc(I)ccc32)c1. The van der Waals surface area contributed by atoms with Gasteiger partial charge in [0.25, 0.3) is 0 Å². The van der Waals surface area contributed by atoms with Gasteiger partial charge in [-0.2, -0.15) is 0 Å². The molecule has 1 heterocycles. The molecule has 1 aliphatic heterocycles. The van der Waals surface area contributed by atoms with E-state index in [1.807, 2.05) is 4.90 Å². The number of carbonyl (C=O) groups is 1. The molecule has 2 aromatic rings. The van der Waals surface area contributed by atoms with Crippen molar-refractivity contribution in [2.24, 2.45) is 0 Å². The third-order valence-corrected chi connectivity index (χ3v) is 4.53. The predicted octanol–water partition coefficient (Wildman–Crippen LogP) is 4.39. The number of hydrogen-bond donors (Lipinski definition) is 0. The van der Waals surface area contributed by atoms with Crippen LogP contribution < -0.4 is 4.90 Å². The Kier molecular flexibility index (Phi) is 4.02. The van der Waals surface area contributed by atoms with Gasteiger partial charge in [-0.05, 0) is 72.2 Å². The molecule has 0 bridgehead atoms. The molecule has 21 heavy (non-hydrogen) atoms. The Balaban J connectivity index is 1.96. The zero-order valence-corrected chi connectivity index (χ0v) is 14.5. The summed E-state index contributed by atoms with van der Waals surface area (Å²) < 4.78 is 1.23. The highest BCUT2D eigenvalue weighted by Crippen LogP contribution is 2.30. The summed E-state index contributed by atoms with van der Waals surface area (Å²) in [4.78, 5) is 14.3. The van der Waals surface area contributed by atoms with E-state index in [1.54, 1.807) is 0 Å². The highest BCUT2D eigenvalue weighted by atomic mass is 127. The number of anilines is 1. The van der Waals surface area contributed by atoms with E-state index in [1.165, 1.54) is 25.8 Å². The average molecular weight is 391 g/mol. The molecule has 0 radical (unpaired) electrons. The zero-order chi connectivity index (χ0) is 15.0. The summed E-state index contributed by atoms with van der Waals surface area (Å²) in [6, 6.07) is 12.8. The molecule has 0 unspecified atom stereocenters. The van der Waals surface area contributed by atoms with Gasteiger partial charge >= 0.3 is 0 Å². The van der Waals surface area contributed by atoms with Gasteiger partial charge in [-0.1, -0.05) is 29.3 Å². The first-order valence-electron chi connectivity index (χ1n) is 7.19. The molecule has 0 saturated heterocycles. The first-order valence-corrected chi connectivity index (χ1v) is 8.27. The van der Waals surface area contributed by atoms with Crippen LogP contribution in [0.1, 0.15) is 28.7 Å². The zero-order valence-electron chi connectivity index (χ0n) is 12.3. The van der Waals surface area contributed by atoms with E-state index in [2.05, 4.69) is 72.8 Å². The average Bonchev–Trinajstić information content (AvgIpc) is 2.41. The molecule has 108 valence electrons. The van der Waals surface area contributed by atoms with Crippen LogP contribution in [0.5, 0.6) is 0 Å². The van der Waals surface area contributed by atoms with Gasteiger partial charge < -0.3 is 4.90 Å². The number of amides is 1. The molecule has 0 spiro atoms. The number of fused-ring (bicyclic) bond motifs is 1. The quantitative estimate of drug-likeness (QED) is 0.696. The van der Waals surface area contributed by atoms with Gasteiger partial charge in [0.15, 0.2) is 0 Å². The maximum atomic E-state index is 12.3. The minimum Gasteiger partial charge on any atom is -0.308 e. The lowest BCUT2D eigenvalue weighted by atomic mass is 10.00. The molecule has 0 N–H and O–H groups in total. The van der Waals surface area contributed by atoms with Gasteiger partial charge in [-0.15, -0.1) is 0 Å². The molecule has 1 amide bonds. The van der Waals surface area contributed by atoms with Crippen molar-refractivity contribution in [1.82, 2.24) is 0 Å². The third-order valence-electron chi connectivity index (χ3n) is 3.86. The van der Waals surface area contributed by atoms with Crippen LogP contribution in [0.3, 0.4) is 0 Å². The molecule has 0 aromatic heterocycles. The molecular weight excluding hydrogens is 373 g/mol. The number of rotatable bonds is 2. The van der Waals surface area contributed by atoms with E-state index < -0.39 is 0 Å². The molecule has 0 aliphatic carbocycles. The van der Waals surface area contributed by atoms with Crippen LogP contribution in [-0.4, -0.2) is 5.91 Å². The number of benzene rings is 2. The number of nitrogens with zero attached hydrogens (tertiary/aromatic N) is 1. The molecule has 3 rings (SSSR count). The number of aryl methyl sites for hydroxylation is 3. The van der Waals surface area contributed by atoms with Gasteiger partial charge in [-0.3, -0.25) is 4.79 Å². The van der Waals surface area contributed by atoms with E-state index >= 15 is 0 Å². The minimum atomic E-state index is 0.225. The van der Waals surface area contributed by atoms with Crippen LogP contribution in [0, 0.1) is 17.4 Å². The molecule has 0 atom stereocenters. The summed E-state index contributed by atoms with van der Waals surface area (Å²) in [6.45, 7) is 4.87. The monoisotopic (exact) mass is 391 g/mol. The van der Waals surface area contributed by atoms with Gasteiger partial charge in [0.2, 0.25) is 5.91 Å². The van der Waals surface area contributed by atoms with E-state index in [0.717, 1.165) is 12.1 Å². The Morgan fingerprint density at radius 2 is 1.76 bits per heavy atom. The van der Waals surface area contributed by atoms with Gasteiger partial charge in [0.1, 0.15) is 0 Å². The molecule has 2 nitrogen and oxygen atoms in total. The smallest absolute Gasteiger partial charge is 0.227 e. The largest absolute Gasteiger partial charge is 0.308 e. The van der Waals surface area contributed by atoms with Crippen molar-refractivity contribution >= 4 is 34.2 Å². The first-order chi connectivity index (χ1) is 10.0. The van der Waals surface area contributed by atoms with E-state index in [0.29, 0.717) is 13.0 Å². The second-order valence-electron chi connectivity index (χ2n) is 5.75. The molecule has 0 fully saturated rings. The second-order valence-corrected chi connectivity index (χ2v) is 6.99. The van der Waals surface area contributed by atoms with Crippen molar-refractivity contribution in [3.63, 3.8) is 0 Å². The Morgan fingerprint density at radius 3 is 2.48 bits per heavy atom. The van der Waals surface area contributed by atoms with Gasteiger partial charge in [0.05, 0.1) is 6.54 Å². The van der Waals surface area contributed by atoms with Crippen LogP contribution in [-0.2, 0) is 17.8 Å². The van der Waals surface area contributed by atoms with E-state index in [9.17, 15) is 4.79 Å². The Hall–Kier alpha value is -1.36. The predicted molar refractivity (Wildman–Crippen MR) is 94.6 cm³/mol. The highest BCUT2D eigenvalue weighted by molar-refractivity contribution is 14.1. The lowest BCUT2D eigenvalue weighted by molar-refractivity contribution is -0.119. The standard InChI is InChI=1S/C18H18INO/c1-12-7-13(2)9-14(8-12)11-20-17-5-4-16(19)10-15(17)3-6-18(20)21/h4-5,7-10H,3,6,11H2,1-2H3. The summed E-state index contributed by atoms with van der Waals surface area (Å²) in [5, 5.41) is 0. The number of hydrogen-bond acceptors (Lipinski definition) is 1. The first kappa shape index (κ1) is 14.6. The lowest BCUT2D eigenvalue weighted by Gasteiger charge is -2.30. The molecule has 0 saturated carbocycles. The van der Waals surface area contributed by atoms with E-state index in [-0.39, 0.29) is 5.91 Å². The Labute approximate surface area is 139 Å². The van der Waals surface area contributed by atoms with Crippen LogP contribution in [0.25, 0.3) is 0 Å². The highest BCUT2D eigenvalue weighted by Gasteiger charge is 2.24. The van der Waals surface area contributed by atoms with Gasteiger partial charge in [0, 0.05) is 15.7 Å². The van der Waals surface area contributed by atoms with Crippen molar-refractivity contribution < 1.29 is 4.79 Å². The lowest BCUT2D eigenvalue weighted by Crippen LogP contribution is -2.34. The fourth-order valence-corrected chi connectivity index (χ4v) is 3.60. The van der Waals surface area contributed by atoms with Crippen LogP contribution in [0.15, 0.2) is 36.4 Å². The van der Waals surface area contributed by atoms with Gasteiger partial charge in [-0.25, -0.2) is 0 Å². The summed E-state index contributed by atoms with van der Waals surface area (Å²) in [5.41, 5.74) is 6.05. The minimum absolute atomic E-state index is 0.225. The van der Waals surface area contributed by atoms with Crippen molar-refractivity contribution in [1.29, 1.82) is 0 Å². The topological polar surface area (TPSA) is 20.3 Å². The fourth-order valence-electron chi connectivity index (χ4n) is 3.04. The number of carbonyl (C=O) groups excluding carboxylic acids is 1. The Morgan fingerprint density at radius 1 is 1.05 bits per heavy atom. The summed E-state index contributed by atoms with van der Waals surface area (Å²) >= 11 is 2.33. The normalized spacial score (nSPS) is 14.2. The van der Waals surface area contributed by atoms with Crippen molar-refractivity contribution in [3.05, 3.63) is 62.2 Å².